The van der Waals surface area contributed by atoms with Gasteiger partial charge < -0.3 is 11.6 Å². The van der Waals surface area contributed by atoms with Gasteiger partial charge in [-0.15, -0.1) is 0 Å². The van der Waals surface area contributed by atoms with Crippen molar-refractivity contribution in [3.63, 3.8) is 0 Å². The fourth-order valence-corrected chi connectivity index (χ4v) is 1.30. The molecule has 0 saturated heterocycles. The van der Waals surface area contributed by atoms with Crippen LogP contribution in [-0.2, 0) is 0 Å². The highest BCUT2D eigenvalue weighted by molar-refractivity contribution is 5.89. The third kappa shape index (κ3) is 0.730. The van der Waals surface area contributed by atoms with Gasteiger partial charge in [0.2, 0.25) is 0 Å². The molecule has 0 aliphatic carbocycles. The van der Waals surface area contributed by atoms with Crippen molar-refractivity contribution in [1.82, 2.24) is 14.6 Å². The Hall–Kier alpha value is -1.78. The summed E-state index contributed by atoms with van der Waals surface area (Å²) in [6.45, 7) is 1.92. The molecule has 0 spiro atoms. The summed E-state index contributed by atoms with van der Waals surface area (Å²) in [4.78, 5) is 7.89. The highest BCUT2D eigenvalue weighted by Crippen LogP contribution is 2.20. The summed E-state index contributed by atoms with van der Waals surface area (Å²) in [5.41, 5.74) is 7.31. The van der Waals surface area contributed by atoms with E-state index in [2.05, 4.69) is 9.97 Å². The highest BCUT2D eigenvalue weighted by Gasteiger charge is 2.07. The standard InChI is InChI=1S/C7H9N5/c1-4-2-12(9)7-5(4)6(8)10-3-11-7/h2-3H,9H2,1H3,(H2,8,10,11). The van der Waals surface area contributed by atoms with Crippen LogP contribution < -0.4 is 11.6 Å². The van der Waals surface area contributed by atoms with Crippen molar-refractivity contribution in [3.05, 3.63) is 18.1 Å². The predicted molar refractivity (Wildman–Crippen MR) is 46.8 cm³/mol. The molecule has 5 nitrogen and oxygen atoms in total. The number of aromatic nitrogens is 3. The number of nitrogens with two attached hydrogens (primary N) is 2. The maximum absolute atomic E-state index is 5.65. The van der Waals surface area contributed by atoms with E-state index >= 15 is 0 Å². The molecule has 0 fully saturated rings. The maximum Gasteiger partial charge on any atom is 0.163 e. The first-order valence-corrected chi connectivity index (χ1v) is 3.53. The molecule has 0 radical (unpaired) electrons. The molecule has 4 N–H and O–H groups in total. The number of anilines is 1. The minimum absolute atomic E-state index is 0.474. The lowest BCUT2D eigenvalue weighted by atomic mass is 10.2. The second kappa shape index (κ2) is 2.10. The van der Waals surface area contributed by atoms with Crippen LogP contribution in [0.4, 0.5) is 5.82 Å². The Kier molecular flexibility index (Phi) is 1.21. The molecule has 0 saturated carbocycles. The Labute approximate surface area is 69.0 Å². The van der Waals surface area contributed by atoms with E-state index in [1.807, 2.05) is 6.92 Å². The van der Waals surface area contributed by atoms with E-state index in [4.69, 9.17) is 11.6 Å². The van der Waals surface area contributed by atoms with Gasteiger partial charge in [0.05, 0.1) is 5.39 Å². The van der Waals surface area contributed by atoms with Crippen molar-refractivity contribution in [2.75, 3.05) is 11.6 Å². The van der Waals surface area contributed by atoms with Crippen LogP contribution in [0.2, 0.25) is 0 Å². The molecule has 0 aliphatic rings. The first kappa shape index (κ1) is 6.90. The molecule has 2 heterocycles. The summed E-state index contributed by atoms with van der Waals surface area (Å²) in [5.74, 6) is 6.09. The van der Waals surface area contributed by atoms with Gasteiger partial charge in [-0.25, -0.2) is 9.97 Å². The summed E-state index contributed by atoms with van der Waals surface area (Å²) in [6, 6.07) is 0. The van der Waals surface area contributed by atoms with Crippen LogP contribution in [0, 0.1) is 6.92 Å². The Morgan fingerprint density at radius 3 is 2.83 bits per heavy atom. The monoisotopic (exact) mass is 163 g/mol. The molecule has 2 rings (SSSR count). The van der Waals surface area contributed by atoms with E-state index in [0.717, 1.165) is 10.9 Å². The van der Waals surface area contributed by atoms with Gasteiger partial charge >= 0.3 is 0 Å². The lowest BCUT2D eigenvalue weighted by Gasteiger charge is -1.95. The fraction of sp³-hybridized carbons (Fsp3) is 0.143. The summed E-state index contributed by atoms with van der Waals surface area (Å²) < 4.78 is 1.45. The second-order valence-corrected chi connectivity index (χ2v) is 2.68. The Bertz CT molecular complexity index is 431. The first-order chi connectivity index (χ1) is 5.70. The SMILES string of the molecule is Cc1cn(N)c2ncnc(N)c12. The molecule has 2 aromatic rings. The van der Waals surface area contributed by atoms with Gasteiger partial charge in [0.1, 0.15) is 12.1 Å². The molecule has 5 heteroatoms. The number of hydrogen-bond donors (Lipinski definition) is 2. The van der Waals surface area contributed by atoms with Crippen LogP contribution in [0.1, 0.15) is 5.56 Å². The highest BCUT2D eigenvalue weighted by atomic mass is 15.3. The van der Waals surface area contributed by atoms with Crippen molar-refractivity contribution in [2.24, 2.45) is 0 Å². The first-order valence-electron chi connectivity index (χ1n) is 3.53. The normalized spacial score (nSPS) is 10.8. The average Bonchev–Trinajstić information content (AvgIpc) is 2.29. The largest absolute Gasteiger partial charge is 0.383 e. The molecule has 12 heavy (non-hydrogen) atoms. The average molecular weight is 163 g/mol. The predicted octanol–water partition coefficient (Wildman–Crippen LogP) is 0.0357. The summed E-state index contributed by atoms with van der Waals surface area (Å²) >= 11 is 0. The van der Waals surface area contributed by atoms with Crippen molar-refractivity contribution in [3.8, 4) is 0 Å². The van der Waals surface area contributed by atoms with E-state index in [0.29, 0.717) is 11.5 Å². The van der Waals surface area contributed by atoms with Crippen LogP contribution in [0.25, 0.3) is 11.0 Å². The van der Waals surface area contributed by atoms with E-state index < -0.39 is 0 Å². The number of nitrogens with zero attached hydrogens (tertiary/aromatic N) is 3. The van der Waals surface area contributed by atoms with Crippen LogP contribution in [0.3, 0.4) is 0 Å². The molecule has 0 amide bonds. The van der Waals surface area contributed by atoms with Crippen molar-refractivity contribution in [2.45, 2.75) is 6.92 Å². The molecule has 0 atom stereocenters. The summed E-state index contributed by atoms with van der Waals surface area (Å²) in [5, 5.41) is 0.833. The molecule has 0 aromatic carbocycles. The number of rotatable bonds is 0. The van der Waals surface area contributed by atoms with E-state index in [1.165, 1.54) is 11.0 Å². The van der Waals surface area contributed by atoms with Gasteiger partial charge in [-0.05, 0) is 12.5 Å². The van der Waals surface area contributed by atoms with Crippen LogP contribution in [0.15, 0.2) is 12.5 Å². The smallest absolute Gasteiger partial charge is 0.163 e. The lowest BCUT2D eigenvalue weighted by molar-refractivity contribution is 1.02. The lowest BCUT2D eigenvalue weighted by Crippen LogP contribution is -2.06. The van der Waals surface area contributed by atoms with Gasteiger partial charge in [0.15, 0.2) is 5.65 Å². The zero-order chi connectivity index (χ0) is 8.72. The Balaban J connectivity index is 2.99. The Morgan fingerprint density at radius 1 is 1.42 bits per heavy atom. The van der Waals surface area contributed by atoms with Gasteiger partial charge in [0, 0.05) is 6.20 Å². The molecule has 0 aliphatic heterocycles. The van der Waals surface area contributed by atoms with Crippen LogP contribution in [-0.4, -0.2) is 14.6 Å². The zero-order valence-electron chi connectivity index (χ0n) is 6.65. The van der Waals surface area contributed by atoms with E-state index in [1.54, 1.807) is 6.20 Å². The van der Waals surface area contributed by atoms with Gasteiger partial charge in [0.25, 0.3) is 0 Å². The van der Waals surface area contributed by atoms with Crippen LogP contribution >= 0.6 is 0 Å². The number of aryl methyl sites for hydroxylation is 1. The summed E-state index contributed by atoms with van der Waals surface area (Å²) in [6.07, 6.45) is 3.18. The molecule has 0 bridgehead atoms. The molecular formula is C7H9N5. The molecule has 0 unspecified atom stereocenters. The van der Waals surface area contributed by atoms with Gasteiger partial charge in [-0.3, -0.25) is 4.68 Å². The topological polar surface area (TPSA) is 82.8 Å². The van der Waals surface area contributed by atoms with Crippen molar-refractivity contribution < 1.29 is 0 Å². The second-order valence-electron chi connectivity index (χ2n) is 2.68. The quantitative estimate of drug-likeness (QED) is 0.537. The molecule has 2 aromatic heterocycles. The number of nitrogen functional groups attached to an aromatic ring is 2. The van der Waals surface area contributed by atoms with Crippen molar-refractivity contribution >= 4 is 16.9 Å². The van der Waals surface area contributed by atoms with E-state index in [-0.39, 0.29) is 0 Å². The van der Waals surface area contributed by atoms with E-state index in [9.17, 15) is 0 Å². The van der Waals surface area contributed by atoms with Crippen LogP contribution in [0.5, 0.6) is 0 Å². The van der Waals surface area contributed by atoms with Crippen molar-refractivity contribution in [1.29, 1.82) is 0 Å². The van der Waals surface area contributed by atoms with Gasteiger partial charge in [-0.2, -0.15) is 0 Å². The van der Waals surface area contributed by atoms with Gasteiger partial charge in [-0.1, -0.05) is 0 Å². The molecule has 62 valence electrons. The minimum atomic E-state index is 0.474. The third-order valence-corrected chi connectivity index (χ3v) is 1.83. The third-order valence-electron chi connectivity index (χ3n) is 1.83. The fourth-order valence-electron chi connectivity index (χ4n) is 1.30. The minimum Gasteiger partial charge on any atom is -0.383 e. The maximum atomic E-state index is 5.65. The zero-order valence-corrected chi connectivity index (χ0v) is 6.65. The number of fused-ring (bicyclic) bond motifs is 1. The molecular weight excluding hydrogens is 154 g/mol. The number of hydrogen-bond acceptors (Lipinski definition) is 4. The Morgan fingerprint density at radius 2 is 2.17 bits per heavy atom. The summed E-state index contributed by atoms with van der Waals surface area (Å²) in [7, 11) is 0.